The number of carbonyl (C=O) groups excluding carboxylic acids is 2. The quantitative estimate of drug-likeness (QED) is 0.0674. The number of benzene rings is 7. The summed E-state index contributed by atoms with van der Waals surface area (Å²) in [5.41, 5.74) is 31.5. The number of imidazole rings is 4. The van der Waals surface area contributed by atoms with Gasteiger partial charge in [0, 0.05) is 125 Å². The topological polar surface area (TPSA) is 464 Å². The second kappa shape index (κ2) is 34.8. The van der Waals surface area contributed by atoms with Crippen LogP contribution in [0.2, 0.25) is 0 Å². The highest BCUT2D eigenvalue weighted by Crippen LogP contribution is 2.41. The lowest BCUT2D eigenvalue weighted by Gasteiger charge is -2.17. The van der Waals surface area contributed by atoms with Crippen LogP contribution < -0.4 is 20.1 Å². The number of H-pyrrole nitrogens is 8. The summed E-state index contributed by atoms with van der Waals surface area (Å²) in [5.74, 6) is 3.29. The van der Waals surface area contributed by atoms with E-state index < -0.39 is 0 Å². The Hall–Kier alpha value is -18.9. The average molecular weight is 1840 g/mol. The van der Waals surface area contributed by atoms with Crippen molar-refractivity contribution in [2.24, 2.45) is 0 Å². The number of rotatable bonds is 0. The zero-order valence-corrected chi connectivity index (χ0v) is 74.8. The van der Waals surface area contributed by atoms with Gasteiger partial charge >= 0.3 is 0 Å². The second-order valence-electron chi connectivity index (χ2n) is 34.8. The maximum atomic E-state index is 12.6. The molecule has 17 aromatic heterocycles. The molecule has 140 heavy (non-hydrogen) atoms. The fourth-order valence-electron chi connectivity index (χ4n) is 18.4. The Bertz CT molecular complexity index is 8460. The average Bonchev–Trinajstić information content (AvgIpc) is 1.62. The lowest BCUT2D eigenvalue weighted by Crippen LogP contribution is -2.20. The molecule has 4 aliphatic heterocycles. The molecule has 0 saturated carbocycles. The highest BCUT2D eigenvalue weighted by atomic mass is 16.5. The van der Waals surface area contributed by atoms with Gasteiger partial charge in [0.1, 0.15) is 56.7 Å². The molecule has 37 heteroatoms. The van der Waals surface area contributed by atoms with Gasteiger partial charge in [-0.25, -0.2) is 24.9 Å². The molecule has 0 fully saturated rings. The van der Waals surface area contributed by atoms with Gasteiger partial charge in [-0.05, 0) is 189 Å². The van der Waals surface area contributed by atoms with E-state index in [9.17, 15) is 9.59 Å². The van der Waals surface area contributed by atoms with Crippen LogP contribution in [0.3, 0.4) is 0 Å². The lowest BCUT2D eigenvalue weighted by molar-refractivity contribution is -0.118. The van der Waals surface area contributed by atoms with Gasteiger partial charge in [0.05, 0.1) is 114 Å². The van der Waals surface area contributed by atoms with Crippen molar-refractivity contribution in [1.82, 2.24) is 155 Å². The number of amides is 2. The van der Waals surface area contributed by atoms with Crippen LogP contribution >= 0.6 is 0 Å². The van der Waals surface area contributed by atoms with Crippen LogP contribution in [0.1, 0.15) is 24.0 Å². The molecular formula is C103H79N33O4. The van der Waals surface area contributed by atoms with Crippen LogP contribution in [-0.4, -0.2) is 208 Å². The molecule has 10 N–H and O–H groups in total. The van der Waals surface area contributed by atoms with Gasteiger partial charge in [-0.1, -0.05) is 83.2 Å². The normalized spacial score (nSPS) is 13.7. The van der Waals surface area contributed by atoms with E-state index in [0.29, 0.717) is 80.0 Å². The first-order chi connectivity index (χ1) is 68.8. The fraction of sp³-hybridized carbons (Fsp3) is 0.117. The van der Waals surface area contributed by atoms with Crippen molar-refractivity contribution in [3.05, 3.63) is 274 Å². The summed E-state index contributed by atoms with van der Waals surface area (Å²) in [5, 5.41) is 56.7. The van der Waals surface area contributed by atoms with Crippen molar-refractivity contribution in [2.45, 2.75) is 39.0 Å². The first-order valence-corrected chi connectivity index (χ1v) is 45.4. The standard InChI is InChI=1S/C26H23N9.2C26H17N7O2.C25H22N10/c1-34-8-3-9-35-15-23(31-33-35)19-4-2-5-22-24(19)29-26(28-22)25-20-11-17(6-7-21(20)30-32-25)18-10-16(14-34)12-27-13-18;34-23-13-35-17-4-1-3-14(8-17)18-5-2-6-20-24(18)31-26(30-20)25-19-9-21(28-12-22(19)32-33-25)15-7-16(29-23)11-27-10-15;34-22-13-35-17-4-1-3-14(10-17)18-5-2-6-20-23(18)31-26(30-20)25-24-21(32-33-25)8-7-19(29-24)15-9-16(28-22)12-27-11-15;1-34-7-2-8-35-14-21(31-33-35)23-24-20(5-6-27-23)28-25(29-24)22-18-10-16(3-4-19(18)30-32-22)17-9-15(13-34)11-26-12-17/h2,4-7,10-13,15H,3,8-9,14H2,1H3,(H,28,29)(H,30,32);1-12H,13H2,(H,29,34)(H,30,31)(H,32,33);1-12H,13H2,(H,28,34)(H,30,31)(H,32,33);3-6,9-12,14H,2,7-8,13H2,1H3,(H,28,29)(H,30,32). The van der Waals surface area contributed by atoms with E-state index in [2.05, 4.69) is 194 Å². The molecule has 0 radical (unpaired) electrons. The highest BCUT2D eigenvalue weighted by Gasteiger charge is 2.26. The van der Waals surface area contributed by atoms with Crippen molar-refractivity contribution in [1.29, 1.82) is 0 Å². The Morgan fingerprint density at radius 3 is 1.36 bits per heavy atom. The minimum Gasteiger partial charge on any atom is -0.484 e. The zero-order chi connectivity index (χ0) is 93.4. The van der Waals surface area contributed by atoms with Crippen LogP contribution in [0.4, 0.5) is 11.4 Å². The van der Waals surface area contributed by atoms with E-state index >= 15 is 0 Å². The molecule has 0 saturated heterocycles. The van der Waals surface area contributed by atoms with Crippen LogP contribution in [0.25, 0.3) is 224 Å². The van der Waals surface area contributed by atoms with E-state index in [1.807, 2.05) is 186 Å². The monoisotopic (exact) mass is 1840 g/mol. The minimum absolute atomic E-state index is 0.132. The number of aromatic nitrogens is 29. The van der Waals surface area contributed by atoms with Gasteiger partial charge in [0.25, 0.3) is 11.8 Å². The Balaban J connectivity index is 0.0000000985. The van der Waals surface area contributed by atoms with Gasteiger partial charge < -0.3 is 49.8 Å². The number of fused-ring (bicyclic) bond motifs is 36. The fourth-order valence-corrected chi connectivity index (χ4v) is 18.4. The molecule has 2 amide bonds. The number of pyridine rings is 7. The van der Waals surface area contributed by atoms with Gasteiger partial charge in [-0.15, -0.1) is 10.2 Å². The summed E-state index contributed by atoms with van der Waals surface area (Å²) in [4.78, 5) is 94.7. The minimum atomic E-state index is -0.282. The number of aromatic amines is 8. The molecule has 37 nitrogen and oxygen atoms in total. The number of carbonyl (C=O) groups is 2. The number of anilines is 2. The predicted octanol–water partition coefficient (Wildman–Crippen LogP) is 17.0. The first-order valence-electron chi connectivity index (χ1n) is 45.4. The molecule has 0 atom stereocenters. The maximum Gasteiger partial charge on any atom is 0.262 e. The molecule has 4 aliphatic rings. The molecule has 0 aliphatic carbocycles. The number of aryl methyl sites for hydroxylation is 2. The third-order valence-electron chi connectivity index (χ3n) is 25.1. The number of nitrogens with one attached hydrogen (secondary N) is 10. The molecule has 680 valence electrons. The molecule has 0 spiro atoms. The van der Waals surface area contributed by atoms with Gasteiger partial charge in [-0.2, -0.15) is 20.4 Å². The van der Waals surface area contributed by atoms with E-state index in [-0.39, 0.29) is 25.0 Å². The summed E-state index contributed by atoms with van der Waals surface area (Å²) in [6.07, 6.45) is 23.7. The number of nitrogens with zero attached hydrogens (tertiary/aromatic N) is 23. The summed E-state index contributed by atoms with van der Waals surface area (Å²) in [6.45, 7) is 4.84. The molecule has 28 rings (SSSR count). The molecule has 7 aromatic carbocycles. The Kier molecular flexibility index (Phi) is 20.6. The Morgan fingerprint density at radius 2 is 0.779 bits per heavy atom. The second-order valence-corrected chi connectivity index (χ2v) is 34.8. The van der Waals surface area contributed by atoms with E-state index in [1.165, 1.54) is 11.1 Å². The van der Waals surface area contributed by atoms with Crippen molar-refractivity contribution in [2.75, 3.05) is 51.0 Å². The summed E-state index contributed by atoms with van der Waals surface area (Å²) in [6, 6.07) is 61.6. The van der Waals surface area contributed by atoms with Crippen molar-refractivity contribution >= 4 is 111 Å². The van der Waals surface area contributed by atoms with Gasteiger partial charge in [-0.3, -0.25) is 69.3 Å². The maximum absolute atomic E-state index is 12.6. The van der Waals surface area contributed by atoms with Crippen molar-refractivity contribution < 1.29 is 19.1 Å². The number of ether oxygens (including phenoxy) is 2. The van der Waals surface area contributed by atoms with E-state index in [1.54, 1.807) is 37.2 Å². The van der Waals surface area contributed by atoms with Gasteiger partial charge in [0.2, 0.25) is 0 Å². The number of hydrogen-bond donors (Lipinski definition) is 10. The molecule has 32 bridgehead atoms. The molecular weight excluding hydrogens is 1760 g/mol. The Morgan fingerprint density at radius 1 is 0.321 bits per heavy atom. The third kappa shape index (κ3) is 16.1. The SMILES string of the molecule is CN1CCCn2cc(nn2)-c2cccc3[nH]c(nc23)-c2n[nH]c3ccc(cc23)-c2cncc(c2)C1.CN1CCCn2cc(nn2)-c2nccc3[nH]c(nc23)-c2n[nH]c3ccc(cc23)-c2cncc(c2)C1.O=C1COc2cccc(c2)-c2cccc3[nH]c(nc23)-c2n[nH]c3ccc(nc23)-c2cncc(c2)N1.O=C1COc2cccc(c2)-c2cccc3[nH]c(nc23)-c2n[nH]c3cnc(cc23)-c2cncc(c2)N1. The van der Waals surface area contributed by atoms with Crippen LogP contribution in [0, 0.1) is 0 Å². The number of para-hydroxylation sites is 3. The zero-order valence-electron chi connectivity index (χ0n) is 74.8. The van der Waals surface area contributed by atoms with Crippen molar-refractivity contribution in [3.8, 4) is 147 Å². The van der Waals surface area contributed by atoms with E-state index in [4.69, 9.17) is 34.4 Å². The summed E-state index contributed by atoms with van der Waals surface area (Å²) >= 11 is 0. The van der Waals surface area contributed by atoms with E-state index in [0.717, 1.165) is 219 Å². The predicted molar refractivity (Wildman–Crippen MR) is 530 cm³/mol. The smallest absolute Gasteiger partial charge is 0.262 e. The third-order valence-corrected chi connectivity index (χ3v) is 25.1. The van der Waals surface area contributed by atoms with Crippen LogP contribution in [0.15, 0.2) is 262 Å². The number of hydrogen-bond acceptors (Lipinski definition) is 25. The summed E-state index contributed by atoms with van der Waals surface area (Å²) < 4.78 is 15.4. The van der Waals surface area contributed by atoms with Crippen LogP contribution in [0.5, 0.6) is 11.5 Å². The summed E-state index contributed by atoms with van der Waals surface area (Å²) in [7, 11) is 4.27. The van der Waals surface area contributed by atoms with Crippen molar-refractivity contribution in [3.63, 3.8) is 0 Å². The highest BCUT2D eigenvalue weighted by molar-refractivity contribution is 6.04. The molecule has 0 unspecified atom stereocenters. The largest absolute Gasteiger partial charge is 0.484 e. The van der Waals surface area contributed by atoms with Gasteiger partial charge in [0.15, 0.2) is 42.2 Å². The lowest BCUT2D eigenvalue weighted by atomic mass is 10.0. The molecule has 24 aromatic rings. The Labute approximate surface area is 791 Å². The van der Waals surface area contributed by atoms with Crippen LogP contribution in [-0.2, 0) is 35.8 Å². The molecule has 21 heterocycles. The first kappa shape index (κ1) is 83.0.